The summed E-state index contributed by atoms with van der Waals surface area (Å²) in [6.07, 6.45) is 3.35. The van der Waals surface area contributed by atoms with Crippen LogP contribution in [0.4, 0.5) is 0 Å². The molecule has 180 valence electrons. The third-order valence-electron chi connectivity index (χ3n) is 5.07. The minimum atomic E-state index is -0.358. The number of nitrogens with one attached hydrogen (secondary N) is 2. The summed E-state index contributed by atoms with van der Waals surface area (Å²) in [6, 6.07) is 21.3. The first kappa shape index (κ1) is 24.8. The maximum atomic E-state index is 12.7. The van der Waals surface area contributed by atoms with Gasteiger partial charge in [0.05, 0.1) is 4.21 Å². The highest BCUT2D eigenvalue weighted by atomic mass is 32.2. The summed E-state index contributed by atoms with van der Waals surface area (Å²) in [5.41, 5.74) is 1.12. The smallest absolute Gasteiger partial charge is 0.272 e. The van der Waals surface area contributed by atoms with E-state index < -0.39 is 0 Å². The highest BCUT2D eigenvalue weighted by molar-refractivity contribution is 8.01. The highest BCUT2D eigenvalue weighted by Gasteiger charge is 2.02. The van der Waals surface area contributed by atoms with Crippen molar-refractivity contribution in [2.24, 2.45) is 0 Å². The fourth-order valence-corrected chi connectivity index (χ4v) is 5.54. The van der Waals surface area contributed by atoms with Crippen molar-refractivity contribution >= 4 is 35.3 Å². The number of hydrogen-bond donors (Lipinski definition) is 2. The summed E-state index contributed by atoms with van der Waals surface area (Å²) < 4.78 is 7.04. The number of rotatable bonds is 9. The molecule has 4 rings (SSSR count). The molecule has 0 aliphatic carbocycles. The number of thiophene rings is 1. The molecule has 2 heterocycles. The highest BCUT2D eigenvalue weighted by Crippen LogP contribution is 2.27. The molecule has 0 bridgehead atoms. The number of aromatic nitrogens is 2. The second kappa shape index (κ2) is 11.9. The Labute approximate surface area is 211 Å². The molecule has 6 nitrogen and oxygen atoms in total. The first-order valence-electron chi connectivity index (χ1n) is 11.2. The minimum absolute atomic E-state index is 0.193. The molecular weight excluding hydrogens is 478 g/mol. The number of ether oxygens (including phenoxy) is 1. The summed E-state index contributed by atoms with van der Waals surface area (Å²) in [5, 5.41) is 0.428. The van der Waals surface area contributed by atoms with Crippen molar-refractivity contribution in [1.29, 1.82) is 0 Å². The van der Waals surface area contributed by atoms with E-state index in [0.717, 1.165) is 28.3 Å². The van der Waals surface area contributed by atoms with E-state index in [4.69, 9.17) is 4.74 Å². The van der Waals surface area contributed by atoms with Gasteiger partial charge in [0.25, 0.3) is 11.1 Å². The first-order valence-corrected chi connectivity index (χ1v) is 13.0. The quantitative estimate of drug-likeness (QED) is 0.342. The van der Waals surface area contributed by atoms with Crippen molar-refractivity contribution in [3.63, 3.8) is 0 Å². The van der Waals surface area contributed by atoms with Crippen molar-refractivity contribution in [3.05, 3.63) is 114 Å². The van der Waals surface area contributed by atoms with E-state index in [9.17, 15) is 9.59 Å². The number of benzene rings is 2. The van der Waals surface area contributed by atoms with Crippen molar-refractivity contribution in [3.8, 4) is 5.75 Å². The van der Waals surface area contributed by atoms with Gasteiger partial charge in [-0.1, -0.05) is 42.5 Å². The van der Waals surface area contributed by atoms with E-state index in [2.05, 4.69) is 29.0 Å². The lowest BCUT2D eigenvalue weighted by molar-refractivity contribution is 0.306. The van der Waals surface area contributed by atoms with Gasteiger partial charge in [-0.3, -0.25) is 9.59 Å². The van der Waals surface area contributed by atoms with E-state index in [0.29, 0.717) is 12.4 Å². The lowest BCUT2D eigenvalue weighted by atomic mass is 10.2. The fourth-order valence-electron chi connectivity index (χ4n) is 3.26. The average molecular weight is 506 g/mol. The van der Waals surface area contributed by atoms with Gasteiger partial charge in [-0.25, -0.2) is 0 Å². The minimum Gasteiger partial charge on any atom is -0.489 e. The standard InChI is InChI=1S/C27H27N3O3S2/c1-30(2)13-14-34-25-12-11-22(35-25)17-24-27(32)28-23(26(31)29-24)16-20-9-6-10-21(15-20)33-18-19-7-4-3-5-8-19/h3-12,15-17H,13-14,18H2,1-2H3,(H,28,32)(H,29,31)/b23-16-,24-17-. The molecule has 0 radical (unpaired) electrons. The molecular formula is C27H27N3O3S2. The van der Waals surface area contributed by atoms with Crippen LogP contribution in [-0.4, -0.2) is 41.3 Å². The molecule has 8 heteroatoms. The van der Waals surface area contributed by atoms with Crippen LogP contribution >= 0.6 is 23.1 Å². The Morgan fingerprint density at radius 2 is 1.66 bits per heavy atom. The van der Waals surface area contributed by atoms with Crippen LogP contribution in [0.25, 0.3) is 12.2 Å². The molecule has 0 saturated carbocycles. The number of thioether (sulfide) groups is 1. The normalized spacial score (nSPS) is 12.4. The number of nitrogens with zero attached hydrogens (tertiary/aromatic N) is 1. The molecule has 0 aliphatic rings. The van der Waals surface area contributed by atoms with Gasteiger partial charge in [0.1, 0.15) is 23.1 Å². The molecule has 4 aromatic rings. The average Bonchev–Trinajstić information content (AvgIpc) is 3.29. The molecule has 0 amide bonds. The van der Waals surface area contributed by atoms with Gasteiger partial charge in [-0.2, -0.15) is 0 Å². The Hall–Kier alpha value is -3.33. The maximum Gasteiger partial charge on any atom is 0.272 e. The Balaban J connectivity index is 1.52. The van der Waals surface area contributed by atoms with Crippen LogP contribution in [0.2, 0.25) is 0 Å². The van der Waals surface area contributed by atoms with Crippen LogP contribution in [0.3, 0.4) is 0 Å². The molecule has 0 spiro atoms. The molecule has 0 unspecified atom stereocenters. The van der Waals surface area contributed by atoms with Crippen LogP contribution in [0.5, 0.6) is 5.75 Å². The third kappa shape index (κ3) is 7.32. The second-order valence-corrected chi connectivity index (χ2v) is 10.7. The van der Waals surface area contributed by atoms with Crippen molar-refractivity contribution in [2.45, 2.75) is 10.8 Å². The molecule has 2 aromatic heterocycles. The molecule has 0 saturated heterocycles. The van der Waals surface area contributed by atoms with E-state index in [-0.39, 0.29) is 21.8 Å². The molecule has 0 fully saturated rings. The summed E-state index contributed by atoms with van der Waals surface area (Å²) in [6.45, 7) is 1.44. The van der Waals surface area contributed by atoms with Gasteiger partial charge in [0.15, 0.2) is 0 Å². The van der Waals surface area contributed by atoms with Crippen LogP contribution in [0, 0.1) is 0 Å². The lowest BCUT2D eigenvalue weighted by Gasteiger charge is -2.07. The molecule has 0 atom stereocenters. The second-order valence-electron chi connectivity index (χ2n) is 8.18. The molecule has 2 N–H and O–H groups in total. The lowest BCUT2D eigenvalue weighted by Crippen LogP contribution is -2.46. The molecule has 35 heavy (non-hydrogen) atoms. The van der Waals surface area contributed by atoms with Crippen LogP contribution in [-0.2, 0) is 6.61 Å². The summed E-state index contributed by atoms with van der Waals surface area (Å²) in [5.74, 6) is 1.68. The zero-order chi connectivity index (χ0) is 24.6. The van der Waals surface area contributed by atoms with Gasteiger partial charge in [0.2, 0.25) is 0 Å². The fraction of sp³-hybridized carbons (Fsp3) is 0.185. The van der Waals surface area contributed by atoms with Gasteiger partial charge in [-0.05, 0) is 61.6 Å². The van der Waals surface area contributed by atoms with Gasteiger partial charge >= 0.3 is 0 Å². The monoisotopic (exact) mass is 505 g/mol. The van der Waals surface area contributed by atoms with E-state index in [1.165, 1.54) is 4.21 Å². The Bertz CT molecular complexity index is 1500. The Morgan fingerprint density at radius 3 is 2.40 bits per heavy atom. The summed E-state index contributed by atoms with van der Waals surface area (Å²) >= 11 is 3.38. The van der Waals surface area contributed by atoms with Gasteiger partial charge < -0.3 is 19.6 Å². The van der Waals surface area contributed by atoms with Crippen molar-refractivity contribution < 1.29 is 4.74 Å². The third-order valence-corrected chi connectivity index (χ3v) is 7.31. The number of H-pyrrole nitrogens is 2. The first-order chi connectivity index (χ1) is 17.0. The zero-order valence-corrected chi connectivity index (χ0v) is 21.2. The Morgan fingerprint density at radius 1 is 0.914 bits per heavy atom. The van der Waals surface area contributed by atoms with E-state index in [1.807, 2.05) is 66.7 Å². The van der Waals surface area contributed by atoms with Crippen molar-refractivity contribution in [2.75, 3.05) is 26.4 Å². The van der Waals surface area contributed by atoms with Crippen molar-refractivity contribution in [1.82, 2.24) is 14.9 Å². The summed E-state index contributed by atoms with van der Waals surface area (Å²) in [4.78, 5) is 33.8. The SMILES string of the molecule is CN(C)CCSc1ccc(/C=c2\[nH]c(=O)/c(=C/c3cccc(OCc4ccccc4)c3)[nH]c2=O)s1. The van der Waals surface area contributed by atoms with E-state index >= 15 is 0 Å². The van der Waals surface area contributed by atoms with Gasteiger partial charge in [-0.15, -0.1) is 23.1 Å². The predicted molar refractivity (Wildman–Crippen MR) is 145 cm³/mol. The number of hydrogen-bond acceptors (Lipinski definition) is 6. The van der Waals surface area contributed by atoms with Crippen LogP contribution < -0.4 is 26.6 Å². The number of aromatic amines is 2. The van der Waals surface area contributed by atoms with Crippen LogP contribution in [0.15, 0.2) is 80.5 Å². The zero-order valence-electron chi connectivity index (χ0n) is 19.6. The molecule has 2 aromatic carbocycles. The van der Waals surface area contributed by atoms with Gasteiger partial charge in [0, 0.05) is 17.2 Å². The Kier molecular flexibility index (Phi) is 8.41. The largest absolute Gasteiger partial charge is 0.489 e. The van der Waals surface area contributed by atoms with E-state index in [1.54, 1.807) is 35.3 Å². The topological polar surface area (TPSA) is 78.2 Å². The van der Waals surface area contributed by atoms with Crippen LogP contribution in [0.1, 0.15) is 16.0 Å². The maximum absolute atomic E-state index is 12.7. The predicted octanol–water partition coefficient (Wildman–Crippen LogP) is 3.02. The summed E-state index contributed by atoms with van der Waals surface area (Å²) in [7, 11) is 4.10. The molecule has 0 aliphatic heterocycles.